The van der Waals surface area contributed by atoms with Crippen LogP contribution in [-0.2, 0) is 25.5 Å². The Hall–Kier alpha value is -2.80. The molecular weight excluding hydrogens is 828 g/mol. The number of rotatable bonds is 15. The second-order valence-electron chi connectivity index (χ2n) is 10.6. The van der Waals surface area contributed by atoms with Gasteiger partial charge in [0.25, 0.3) is 0 Å². The minimum Gasteiger partial charge on any atom is -0.490 e. The van der Waals surface area contributed by atoms with Crippen LogP contribution < -0.4 is 4.74 Å². The molecule has 46 heavy (non-hydrogen) atoms. The molecule has 252 valence electrons. The zero-order valence-electron chi connectivity index (χ0n) is 26.2. The summed E-state index contributed by atoms with van der Waals surface area (Å²) in [5, 5.41) is 33.2. The number of fused-ring (bicyclic) bond motifs is 1. The molecule has 12 nitrogen and oxygen atoms in total. The van der Waals surface area contributed by atoms with E-state index in [0.29, 0.717) is 34.5 Å². The number of benzene rings is 2. The summed E-state index contributed by atoms with van der Waals surface area (Å²) >= 11 is 4.42. The van der Waals surface area contributed by atoms with Gasteiger partial charge in [0.15, 0.2) is 18.0 Å². The summed E-state index contributed by atoms with van der Waals surface area (Å²) in [5.74, 6) is -2.84. The number of hydrogen-bond donors (Lipinski definition) is 4. The van der Waals surface area contributed by atoms with Crippen molar-refractivity contribution >= 4 is 79.8 Å². The van der Waals surface area contributed by atoms with E-state index in [1.807, 2.05) is 51.1 Å². The normalized spacial score (nSPS) is 13.1. The number of ether oxygens (including phenoxy) is 2. The molecule has 1 aromatic heterocycles. The second-order valence-corrected chi connectivity index (χ2v) is 12.9. The average molecular weight is 867 g/mol. The minimum atomic E-state index is -2.27. The number of likely N-dealkylation sites (N-methyl/N-ethyl adjacent to an activating group) is 1. The van der Waals surface area contributed by atoms with Gasteiger partial charge in [0.05, 0.1) is 12.7 Å². The number of carboxylic acid groups (broad SMARTS) is 2. The lowest BCUT2D eigenvalue weighted by atomic mass is 9.99. The van der Waals surface area contributed by atoms with Crippen molar-refractivity contribution in [3.05, 3.63) is 60.4 Å². The van der Waals surface area contributed by atoms with Crippen LogP contribution in [0.1, 0.15) is 56.3 Å². The molecule has 0 fully saturated rings. The number of carbonyl (C=O) groups excluding carboxylic acids is 2. The molecular formula is C32H39I2NO11. The van der Waals surface area contributed by atoms with Crippen LogP contribution >= 0.6 is 45.2 Å². The lowest BCUT2D eigenvalue weighted by molar-refractivity contribution is -0.165. The van der Waals surface area contributed by atoms with E-state index in [9.17, 15) is 19.2 Å². The molecule has 3 atom stereocenters. The molecule has 0 aliphatic carbocycles. The lowest BCUT2D eigenvalue weighted by Gasteiger charge is -2.19. The van der Waals surface area contributed by atoms with Gasteiger partial charge in [0.1, 0.15) is 36.2 Å². The highest BCUT2D eigenvalue weighted by molar-refractivity contribution is 14.1. The number of nitrogens with zero attached hydrogens (tertiary/aromatic N) is 1. The van der Waals surface area contributed by atoms with Gasteiger partial charge in [-0.05, 0) is 89.3 Å². The van der Waals surface area contributed by atoms with Gasteiger partial charge in [-0.2, -0.15) is 0 Å². The molecule has 3 unspecified atom stereocenters. The van der Waals surface area contributed by atoms with Crippen LogP contribution in [-0.4, -0.2) is 93.6 Å². The highest BCUT2D eigenvalue weighted by atomic mass is 127. The van der Waals surface area contributed by atoms with Crippen LogP contribution in [0.3, 0.4) is 0 Å². The Morgan fingerprint density at radius 3 is 1.96 bits per heavy atom. The molecule has 0 spiro atoms. The van der Waals surface area contributed by atoms with Crippen molar-refractivity contribution < 1.29 is 53.5 Å². The molecule has 14 heteroatoms. The number of aliphatic hydroxyl groups excluding tert-OH is 2. The predicted molar refractivity (Wildman–Crippen MR) is 186 cm³/mol. The highest BCUT2D eigenvalue weighted by Gasteiger charge is 2.29. The summed E-state index contributed by atoms with van der Waals surface area (Å²) in [6.07, 6.45) is -4.86. The maximum atomic E-state index is 13.8. The van der Waals surface area contributed by atoms with Gasteiger partial charge < -0.3 is 39.2 Å². The largest absolute Gasteiger partial charge is 0.490 e. The summed E-state index contributed by atoms with van der Waals surface area (Å²) in [6.45, 7) is 13.5. The fourth-order valence-corrected chi connectivity index (χ4v) is 6.13. The zero-order valence-corrected chi connectivity index (χ0v) is 30.5. The number of esters is 1. The summed E-state index contributed by atoms with van der Waals surface area (Å²) in [5.41, 5.74) is 1.50. The predicted octanol–water partition coefficient (Wildman–Crippen LogP) is 4.60. The molecule has 0 bridgehead atoms. The van der Waals surface area contributed by atoms with E-state index in [0.717, 1.165) is 32.5 Å². The molecule has 0 saturated heterocycles. The Morgan fingerprint density at radius 1 is 0.913 bits per heavy atom. The molecule has 3 rings (SSSR count). The number of furan rings is 1. The SMILES string of the molecule is CCN(CC)CCOc1c(I)cc(C(=O)c2c(CC(=O)OC(C)C(C)C)oc3ccccc23)cc1I.O=C(O)C(O)C(O)C(=O)O. The van der Waals surface area contributed by atoms with Crippen molar-refractivity contribution in [2.24, 2.45) is 5.92 Å². The van der Waals surface area contributed by atoms with Gasteiger partial charge >= 0.3 is 17.9 Å². The van der Waals surface area contributed by atoms with Crippen molar-refractivity contribution in [2.45, 2.75) is 59.4 Å². The lowest BCUT2D eigenvalue weighted by Crippen LogP contribution is -2.39. The molecule has 3 aromatic rings. The third-order valence-electron chi connectivity index (χ3n) is 7.07. The van der Waals surface area contributed by atoms with Crippen molar-refractivity contribution in [1.29, 1.82) is 0 Å². The van der Waals surface area contributed by atoms with Gasteiger partial charge in [0, 0.05) is 17.5 Å². The Labute approximate surface area is 294 Å². The van der Waals surface area contributed by atoms with E-state index in [2.05, 4.69) is 63.9 Å². The van der Waals surface area contributed by atoms with Crippen LogP contribution in [0.2, 0.25) is 0 Å². The molecule has 0 aliphatic rings. The van der Waals surface area contributed by atoms with E-state index in [1.54, 1.807) is 6.07 Å². The number of aliphatic hydroxyl groups is 2. The van der Waals surface area contributed by atoms with Gasteiger partial charge in [-0.25, -0.2) is 9.59 Å². The highest BCUT2D eigenvalue weighted by Crippen LogP contribution is 2.33. The topological polar surface area (TPSA) is 184 Å². The van der Waals surface area contributed by atoms with Gasteiger partial charge in [-0.1, -0.05) is 45.9 Å². The number of hydrogen-bond acceptors (Lipinski definition) is 10. The van der Waals surface area contributed by atoms with Crippen LogP contribution in [0.5, 0.6) is 5.75 Å². The van der Waals surface area contributed by atoms with Crippen LogP contribution in [0, 0.1) is 13.1 Å². The van der Waals surface area contributed by atoms with Crippen LogP contribution in [0.4, 0.5) is 0 Å². The standard InChI is InChI=1S/C28H33I2NO5.C4H6O6/c1-6-31(7-2)12-13-34-28-21(29)14-19(15-22(28)30)27(33)26-20-10-8-9-11-23(20)36-24(26)16-25(32)35-18(5)17(3)4;5-1(3(7)8)2(6)4(9)10/h8-11,14-15,17-18H,6-7,12-13,16H2,1-5H3;1-2,5-6H,(H,7,8)(H,9,10). The number of ketones is 1. The average Bonchev–Trinajstić information content (AvgIpc) is 3.36. The summed E-state index contributed by atoms with van der Waals surface area (Å²) < 4.78 is 19.3. The van der Waals surface area contributed by atoms with E-state index in [4.69, 9.17) is 34.3 Å². The fraction of sp³-hybridized carbons (Fsp3) is 0.438. The molecule has 1 heterocycles. The monoisotopic (exact) mass is 867 g/mol. The number of halogens is 2. The Kier molecular flexibility index (Phi) is 15.9. The van der Waals surface area contributed by atoms with Crippen molar-refractivity contribution in [1.82, 2.24) is 4.90 Å². The third kappa shape index (κ3) is 10.9. The summed E-state index contributed by atoms with van der Waals surface area (Å²) in [7, 11) is 0. The van der Waals surface area contributed by atoms with Crippen molar-refractivity contribution in [3.8, 4) is 5.75 Å². The molecule has 0 saturated carbocycles. The zero-order chi connectivity index (χ0) is 34.7. The van der Waals surface area contributed by atoms with E-state index in [-0.39, 0.29) is 24.2 Å². The fourth-order valence-electron chi connectivity index (χ4n) is 4.05. The maximum Gasteiger partial charge on any atom is 0.335 e. The number of para-hydroxylation sites is 1. The molecule has 0 amide bonds. The van der Waals surface area contributed by atoms with Crippen LogP contribution in [0.15, 0.2) is 40.8 Å². The van der Waals surface area contributed by atoms with E-state index < -0.39 is 30.1 Å². The number of carbonyl (C=O) groups is 4. The van der Waals surface area contributed by atoms with Gasteiger partial charge in [-0.15, -0.1) is 0 Å². The number of carboxylic acids is 2. The second kappa shape index (κ2) is 18.5. The quantitative estimate of drug-likeness (QED) is 0.0948. The maximum absolute atomic E-state index is 13.8. The Morgan fingerprint density at radius 2 is 1.46 bits per heavy atom. The smallest absolute Gasteiger partial charge is 0.335 e. The first kappa shape index (κ1) is 39.4. The first-order valence-electron chi connectivity index (χ1n) is 14.5. The molecule has 0 radical (unpaired) electrons. The Balaban J connectivity index is 0.000000634. The first-order valence-corrected chi connectivity index (χ1v) is 16.7. The Bertz CT molecular complexity index is 1480. The summed E-state index contributed by atoms with van der Waals surface area (Å²) in [6, 6.07) is 11.0. The van der Waals surface area contributed by atoms with Gasteiger partial charge in [0.2, 0.25) is 0 Å². The van der Waals surface area contributed by atoms with Crippen LogP contribution in [0.25, 0.3) is 11.0 Å². The summed E-state index contributed by atoms with van der Waals surface area (Å²) in [4.78, 5) is 48.3. The molecule has 2 aromatic carbocycles. The van der Waals surface area contributed by atoms with E-state index >= 15 is 0 Å². The number of aliphatic carboxylic acids is 2. The molecule has 4 N–H and O–H groups in total. The third-order valence-corrected chi connectivity index (χ3v) is 8.67. The van der Waals surface area contributed by atoms with E-state index in [1.165, 1.54) is 0 Å². The van der Waals surface area contributed by atoms with Gasteiger partial charge in [-0.3, -0.25) is 9.59 Å². The minimum absolute atomic E-state index is 0.104. The first-order chi connectivity index (χ1) is 21.6. The van der Waals surface area contributed by atoms with Crippen molar-refractivity contribution in [3.63, 3.8) is 0 Å². The van der Waals surface area contributed by atoms with Crippen molar-refractivity contribution in [2.75, 3.05) is 26.2 Å². The molecule has 0 aliphatic heterocycles.